The Hall–Kier alpha value is -1.81. The average molecular weight is 245 g/mol. The molecule has 0 amide bonds. The number of ether oxygens (including phenoxy) is 1. The number of benzene rings is 1. The molecule has 1 aromatic carbocycles. The highest BCUT2D eigenvalue weighted by Crippen LogP contribution is 2.20. The first-order chi connectivity index (χ1) is 8.79. The predicted molar refractivity (Wildman–Crippen MR) is 71.6 cm³/mol. The fourth-order valence-electron chi connectivity index (χ4n) is 1.79. The molecule has 0 bridgehead atoms. The Balaban J connectivity index is 2.10. The summed E-state index contributed by atoms with van der Waals surface area (Å²) in [6.07, 6.45) is 3.62. The van der Waals surface area contributed by atoms with Crippen LogP contribution in [0.5, 0.6) is 5.75 Å². The lowest BCUT2D eigenvalue weighted by atomic mass is 10.1. The number of aromatic nitrogens is 2. The first-order valence-electron chi connectivity index (χ1n) is 6.20. The molecule has 18 heavy (non-hydrogen) atoms. The van der Waals surface area contributed by atoms with Gasteiger partial charge in [0.1, 0.15) is 6.10 Å². The Morgan fingerprint density at radius 1 is 1.33 bits per heavy atom. The van der Waals surface area contributed by atoms with Crippen molar-refractivity contribution in [1.82, 2.24) is 15.1 Å². The molecule has 1 N–H and O–H groups in total. The minimum Gasteiger partial charge on any atom is -0.481 e. The molecule has 0 saturated heterocycles. The van der Waals surface area contributed by atoms with Gasteiger partial charge in [-0.05, 0) is 12.1 Å². The van der Waals surface area contributed by atoms with E-state index in [2.05, 4.69) is 29.5 Å². The third kappa shape index (κ3) is 3.34. The van der Waals surface area contributed by atoms with Gasteiger partial charge in [-0.1, -0.05) is 37.3 Å². The molecule has 0 aliphatic heterocycles. The summed E-state index contributed by atoms with van der Waals surface area (Å²) in [5.41, 5.74) is 1.17. The van der Waals surface area contributed by atoms with Gasteiger partial charge in [0.15, 0.2) is 5.75 Å². The number of nitrogens with zero attached hydrogens (tertiary/aromatic N) is 2. The summed E-state index contributed by atoms with van der Waals surface area (Å²) in [4.78, 5) is 0. The molecule has 1 aromatic heterocycles. The second-order valence-electron chi connectivity index (χ2n) is 4.17. The van der Waals surface area contributed by atoms with Crippen molar-refractivity contribution in [3.63, 3.8) is 0 Å². The average Bonchev–Trinajstić information content (AvgIpc) is 2.81. The Kier molecular flexibility index (Phi) is 4.36. The van der Waals surface area contributed by atoms with Crippen LogP contribution in [0.2, 0.25) is 0 Å². The number of aryl methyl sites for hydroxylation is 1. The second-order valence-corrected chi connectivity index (χ2v) is 4.17. The molecule has 0 fully saturated rings. The summed E-state index contributed by atoms with van der Waals surface area (Å²) in [7, 11) is 1.88. The maximum atomic E-state index is 5.98. The first-order valence-corrected chi connectivity index (χ1v) is 6.20. The van der Waals surface area contributed by atoms with Crippen LogP contribution in [0.1, 0.15) is 18.6 Å². The van der Waals surface area contributed by atoms with Crippen molar-refractivity contribution in [2.75, 3.05) is 13.1 Å². The predicted octanol–water partition coefficient (Wildman–Crippen LogP) is 2.15. The van der Waals surface area contributed by atoms with Gasteiger partial charge in [0.05, 0.1) is 12.4 Å². The number of rotatable bonds is 6. The van der Waals surface area contributed by atoms with E-state index in [0.717, 1.165) is 18.8 Å². The molecule has 0 spiro atoms. The smallest absolute Gasteiger partial charge is 0.158 e. The van der Waals surface area contributed by atoms with E-state index in [-0.39, 0.29) is 6.10 Å². The van der Waals surface area contributed by atoms with E-state index < -0.39 is 0 Å². The number of hydrogen-bond acceptors (Lipinski definition) is 3. The maximum Gasteiger partial charge on any atom is 0.158 e. The van der Waals surface area contributed by atoms with Crippen molar-refractivity contribution >= 4 is 0 Å². The Morgan fingerprint density at radius 2 is 2.11 bits per heavy atom. The summed E-state index contributed by atoms with van der Waals surface area (Å²) < 4.78 is 7.72. The Morgan fingerprint density at radius 3 is 2.72 bits per heavy atom. The fraction of sp³-hybridized carbons (Fsp3) is 0.357. The SMILES string of the molecule is CCNCC(Oc1cnn(C)c1)c1ccccc1. The fourth-order valence-corrected chi connectivity index (χ4v) is 1.79. The first kappa shape index (κ1) is 12.6. The van der Waals surface area contributed by atoms with Crippen LogP contribution in [0.4, 0.5) is 0 Å². The third-order valence-corrected chi connectivity index (χ3v) is 2.71. The molecule has 4 nitrogen and oxygen atoms in total. The highest BCUT2D eigenvalue weighted by Gasteiger charge is 2.13. The van der Waals surface area contributed by atoms with Crippen molar-refractivity contribution < 1.29 is 4.74 Å². The van der Waals surface area contributed by atoms with Gasteiger partial charge in [-0.15, -0.1) is 0 Å². The van der Waals surface area contributed by atoms with Crippen molar-refractivity contribution in [3.05, 3.63) is 48.3 Å². The molecule has 1 unspecified atom stereocenters. The van der Waals surface area contributed by atoms with E-state index >= 15 is 0 Å². The number of nitrogens with one attached hydrogen (secondary N) is 1. The zero-order chi connectivity index (χ0) is 12.8. The summed E-state index contributed by atoms with van der Waals surface area (Å²) in [5.74, 6) is 0.796. The molecule has 0 radical (unpaired) electrons. The summed E-state index contributed by atoms with van der Waals surface area (Å²) >= 11 is 0. The van der Waals surface area contributed by atoms with Crippen molar-refractivity contribution in [2.24, 2.45) is 7.05 Å². The van der Waals surface area contributed by atoms with Crippen LogP contribution in [0, 0.1) is 0 Å². The molecule has 0 aliphatic rings. The van der Waals surface area contributed by atoms with Crippen LogP contribution < -0.4 is 10.1 Å². The summed E-state index contributed by atoms with van der Waals surface area (Å²) in [5, 5.41) is 7.44. The molecule has 2 rings (SSSR count). The van der Waals surface area contributed by atoms with Gasteiger partial charge in [0.25, 0.3) is 0 Å². The molecule has 2 aromatic rings. The standard InChI is InChI=1S/C14H19N3O/c1-3-15-10-14(12-7-5-4-6-8-12)18-13-9-16-17(2)11-13/h4-9,11,14-15H,3,10H2,1-2H3. The van der Waals surface area contributed by atoms with E-state index in [1.54, 1.807) is 10.9 Å². The highest BCUT2D eigenvalue weighted by molar-refractivity contribution is 5.21. The van der Waals surface area contributed by atoms with Crippen LogP contribution in [-0.4, -0.2) is 22.9 Å². The van der Waals surface area contributed by atoms with E-state index in [1.807, 2.05) is 31.4 Å². The topological polar surface area (TPSA) is 39.1 Å². The molecule has 4 heteroatoms. The van der Waals surface area contributed by atoms with Gasteiger partial charge in [0.2, 0.25) is 0 Å². The van der Waals surface area contributed by atoms with Crippen LogP contribution in [0.3, 0.4) is 0 Å². The molecule has 96 valence electrons. The van der Waals surface area contributed by atoms with E-state index in [4.69, 9.17) is 4.74 Å². The molecular weight excluding hydrogens is 226 g/mol. The third-order valence-electron chi connectivity index (χ3n) is 2.71. The van der Waals surface area contributed by atoms with Gasteiger partial charge in [-0.3, -0.25) is 4.68 Å². The quantitative estimate of drug-likeness (QED) is 0.847. The van der Waals surface area contributed by atoms with Crippen LogP contribution in [0.25, 0.3) is 0 Å². The lowest BCUT2D eigenvalue weighted by Gasteiger charge is -2.18. The van der Waals surface area contributed by atoms with Crippen LogP contribution in [-0.2, 0) is 7.05 Å². The number of likely N-dealkylation sites (N-methyl/N-ethyl adjacent to an activating group) is 1. The normalized spacial score (nSPS) is 12.3. The zero-order valence-corrected chi connectivity index (χ0v) is 10.8. The molecular formula is C14H19N3O. The van der Waals surface area contributed by atoms with E-state index in [9.17, 15) is 0 Å². The lowest BCUT2D eigenvalue weighted by molar-refractivity contribution is 0.202. The van der Waals surface area contributed by atoms with Crippen molar-refractivity contribution in [1.29, 1.82) is 0 Å². The van der Waals surface area contributed by atoms with Gasteiger partial charge in [-0.25, -0.2) is 0 Å². The number of hydrogen-bond donors (Lipinski definition) is 1. The molecule has 1 atom stereocenters. The maximum absolute atomic E-state index is 5.98. The molecule has 0 aliphatic carbocycles. The minimum atomic E-state index is 0.00958. The van der Waals surface area contributed by atoms with Crippen LogP contribution in [0.15, 0.2) is 42.7 Å². The zero-order valence-electron chi connectivity index (χ0n) is 10.8. The van der Waals surface area contributed by atoms with Gasteiger partial charge >= 0.3 is 0 Å². The molecule has 0 saturated carbocycles. The van der Waals surface area contributed by atoms with E-state index in [0.29, 0.717) is 0 Å². The van der Waals surface area contributed by atoms with Crippen molar-refractivity contribution in [2.45, 2.75) is 13.0 Å². The Bertz CT molecular complexity index is 467. The van der Waals surface area contributed by atoms with Crippen LogP contribution >= 0.6 is 0 Å². The van der Waals surface area contributed by atoms with Gasteiger partial charge < -0.3 is 10.1 Å². The summed E-state index contributed by atoms with van der Waals surface area (Å²) in [6, 6.07) is 10.2. The lowest BCUT2D eigenvalue weighted by Crippen LogP contribution is -2.24. The second kappa shape index (κ2) is 6.21. The molecule has 1 heterocycles. The monoisotopic (exact) mass is 245 g/mol. The minimum absolute atomic E-state index is 0.00958. The largest absolute Gasteiger partial charge is 0.481 e. The van der Waals surface area contributed by atoms with E-state index in [1.165, 1.54) is 5.56 Å². The summed E-state index contributed by atoms with van der Waals surface area (Å²) in [6.45, 7) is 3.81. The Labute approximate surface area is 108 Å². The van der Waals surface area contributed by atoms with Gasteiger partial charge in [-0.2, -0.15) is 5.10 Å². The van der Waals surface area contributed by atoms with Gasteiger partial charge in [0, 0.05) is 13.6 Å². The van der Waals surface area contributed by atoms with Crippen molar-refractivity contribution in [3.8, 4) is 5.75 Å². The highest BCUT2D eigenvalue weighted by atomic mass is 16.5.